The van der Waals surface area contributed by atoms with Crippen LogP contribution in [0.4, 0.5) is 13.2 Å². The molecule has 1 rings (SSSR count). The SMILES string of the molecule is CCOCCOc1ccc(Br)cc1/C=C/C(=O)NCC(F)(F)F. The Morgan fingerprint density at radius 3 is 2.74 bits per heavy atom. The number of hydrogen-bond acceptors (Lipinski definition) is 3. The maximum absolute atomic E-state index is 12.0. The van der Waals surface area contributed by atoms with E-state index in [9.17, 15) is 18.0 Å². The molecule has 4 nitrogen and oxygen atoms in total. The van der Waals surface area contributed by atoms with Crippen LogP contribution in [0.2, 0.25) is 0 Å². The number of rotatable bonds is 8. The van der Waals surface area contributed by atoms with Gasteiger partial charge in [0.2, 0.25) is 5.91 Å². The average molecular weight is 396 g/mol. The summed E-state index contributed by atoms with van der Waals surface area (Å²) in [4.78, 5) is 11.4. The molecule has 0 saturated carbocycles. The predicted octanol–water partition coefficient (Wildman–Crippen LogP) is 3.56. The molecule has 1 amide bonds. The number of hydrogen-bond donors (Lipinski definition) is 1. The topological polar surface area (TPSA) is 47.6 Å². The van der Waals surface area contributed by atoms with Crippen molar-refractivity contribution in [3.63, 3.8) is 0 Å². The van der Waals surface area contributed by atoms with Gasteiger partial charge in [-0.3, -0.25) is 4.79 Å². The molecule has 1 aromatic rings. The lowest BCUT2D eigenvalue weighted by molar-refractivity contribution is -0.135. The van der Waals surface area contributed by atoms with Crippen molar-refractivity contribution in [3.8, 4) is 5.75 Å². The van der Waals surface area contributed by atoms with Gasteiger partial charge in [0.25, 0.3) is 0 Å². The van der Waals surface area contributed by atoms with E-state index in [0.717, 1.165) is 10.5 Å². The molecule has 23 heavy (non-hydrogen) atoms. The molecule has 0 aliphatic rings. The van der Waals surface area contributed by atoms with Crippen molar-refractivity contribution in [3.05, 3.63) is 34.3 Å². The number of ether oxygens (including phenoxy) is 2. The lowest BCUT2D eigenvalue weighted by Gasteiger charge is -2.10. The van der Waals surface area contributed by atoms with Crippen LogP contribution in [0.1, 0.15) is 12.5 Å². The van der Waals surface area contributed by atoms with Gasteiger partial charge in [0.1, 0.15) is 18.9 Å². The molecule has 128 valence electrons. The van der Waals surface area contributed by atoms with Gasteiger partial charge in [-0.1, -0.05) is 15.9 Å². The van der Waals surface area contributed by atoms with E-state index >= 15 is 0 Å². The Bertz CT molecular complexity index is 547. The maximum atomic E-state index is 12.0. The highest BCUT2D eigenvalue weighted by Crippen LogP contribution is 2.24. The molecular formula is C15H17BrF3NO3. The third-order valence-electron chi connectivity index (χ3n) is 2.54. The highest BCUT2D eigenvalue weighted by Gasteiger charge is 2.27. The quantitative estimate of drug-likeness (QED) is 0.540. The van der Waals surface area contributed by atoms with E-state index in [1.807, 2.05) is 6.92 Å². The van der Waals surface area contributed by atoms with Gasteiger partial charge in [0, 0.05) is 22.7 Å². The maximum Gasteiger partial charge on any atom is 0.405 e. The van der Waals surface area contributed by atoms with Crippen LogP contribution in [0, 0.1) is 0 Å². The number of nitrogens with one attached hydrogen (secondary N) is 1. The first-order valence-electron chi connectivity index (χ1n) is 6.84. The highest BCUT2D eigenvalue weighted by atomic mass is 79.9. The Morgan fingerprint density at radius 2 is 2.09 bits per heavy atom. The molecule has 0 aliphatic carbocycles. The predicted molar refractivity (Wildman–Crippen MR) is 84.2 cm³/mol. The van der Waals surface area contributed by atoms with Gasteiger partial charge in [0.15, 0.2) is 0 Å². The van der Waals surface area contributed by atoms with E-state index < -0.39 is 18.6 Å². The zero-order chi connectivity index (χ0) is 17.3. The molecule has 0 fully saturated rings. The van der Waals surface area contributed by atoms with Gasteiger partial charge in [-0.25, -0.2) is 0 Å². The Balaban J connectivity index is 2.68. The molecule has 0 aromatic heterocycles. The summed E-state index contributed by atoms with van der Waals surface area (Å²) in [5.41, 5.74) is 0.568. The fourth-order valence-electron chi connectivity index (χ4n) is 1.55. The van der Waals surface area contributed by atoms with Crippen molar-refractivity contribution in [2.75, 3.05) is 26.4 Å². The summed E-state index contributed by atoms with van der Waals surface area (Å²) in [6, 6.07) is 5.16. The fourth-order valence-corrected chi connectivity index (χ4v) is 1.93. The monoisotopic (exact) mass is 395 g/mol. The summed E-state index contributed by atoms with van der Waals surface area (Å²) in [5.74, 6) is -0.324. The number of alkyl halides is 3. The molecule has 0 saturated heterocycles. The second-order valence-electron chi connectivity index (χ2n) is 4.39. The molecule has 1 N–H and O–H groups in total. The Kier molecular flexibility index (Phi) is 8.11. The smallest absolute Gasteiger partial charge is 0.405 e. The van der Waals surface area contributed by atoms with Crippen LogP contribution in [0.5, 0.6) is 5.75 Å². The molecule has 8 heteroatoms. The first-order valence-corrected chi connectivity index (χ1v) is 7.64. The standard InChI is InChI=1S/C15H17BrF3NO3/c1-2-22-7-8-23-13-5-4-12(16)9-11(13)3-6-14(21)20-10-15(17,18)19/h3-6,9H,2,7-8,10H2,1H3,(H,20,21)/b6-3+. The highest BCUT2D eigenvalue weighted by molar-refractivity contribution is 9.10. The summed E-state index contributed by atoms with van der Waals surface area (Å²) >= 11 is 3.29. The second kappa shape index (κ2) is 9.57. The van der Waals surface area contributed by atoms with Crippen LogP contribution >= 0.6 is 15.9 Å². The van der Waals surface area contributed by atoms with E-state index in [1.165, 1.54) is 6.08 Å². The van der Waals surface area contributed by atoms with Gasteiger partial charge in [-0.15, -0.1) is 0 Å². The normalized spacial score (nSPS) is 11.7. The van der Waals surface area contributed by atoms with Gasteiger partial charge in [-0.05, 0) is 31.2 Å². The zero-order valence-electron chi connectivity index (χ0n) is 12.5. The van der Waals surface area contributed by atoms with E-state index in [4.69, 9.17) is 9.47 Å². The number of halogens is 4. The van der Waals surface area contributed by atoms with E-state index in [2.05, 4.69) is 15.9 Å². The van der Waals surface area contributed by atoms with Crippen molar-refractivity contribution < 1.29 is 27.4 Å². The molecule has 0 aliphatic heterocycles. The van der Waals surface area contributed by atoms with Crippen LogP contribution in [-0.2, 0) is 9.53 Å². The van der Waals surface area contributed by atoms with Crippen LogP contribution < -0.4 is 10.1 Å². The van der Waals surface area contributed by atoms with Crippen LogP contribution in [0.3, 0.4) is 0 Å². The van der Waals surface area contributed by atoms with Crippen molar-refractivity contribution in [2.45, 2.75) is 13.1 Å². The second-order valence-corrected chi connectivity index (χ2v) is 5.31. The molecule has 0 unspecified atom stereocenters. The molecule has 0 spiro atoms. The Labute approximate surface area is 140 Å². The van der Waals surface area contributed by atoms with Gasteiger partial charge < -0.3 is 14.8 Å². The minimum absolute atomic E-state index is 0.330. The molecule has 0 heterocycles. The Hall–Kier alpha value is -1.54. The van der Waals surface area contributed by atoms with E-state index in [0.29, 0.717) is 31.1 Å². The lowest BCUT2D eigenvalue weighted by Crippen LogP contribution is -2.32. The molecular weight excluding hydrogens is 379 g/mol. The molecule has 0 radical (unpaired) electrons. The first kappa shape index (κ1) is 19.5. The van der Waals surface area contributed by atoms with Gasteiger partial charge in [-0.2, -0.15) is 13.2 Å². The van der Waals surface area contributed by atoms with Crippen molar-refractivity contribution in [1.82, 2.24) is 5.32 Å². The molecule has 1 aromatic carbocycles. The van der Waals surface area contributed by atoms with Crippen LogP contribution in [-0.4, -0.2) is 38.4 Å². The molecule has 0 bridgehead atoms. The third kappa shape index (κ3) is 8.61. The summed E-state index contributed by atoms with van der Waals surface area (Å²) in [7, 11) is 0. The summed E-state index contributed by atoms with van der Waals surface area (Å²) in [6.07, 6.45) is -2.01. The average Bonchev–Trinajstić information content (AvgIpc) is 2.48. The number of benzene rings is 1. The third-order valence-corrected chi connectivity index (χ3v) is 3.03. The van der Waals surface area contributed by atoms with E-state index in [1.54, 1.807) is 23.5 Å². The first-order chi connectivity index (χ1) is 10.8. The van der Waals surface area contributed by atoms with Crippen molar-refractivity contribution in [2.24, 2.45) is 0 Å². The van der Waals surface area contributed by atoms with E-state index in [-0.39, 0.29) is 0 Å². The van der Waals surface area contributed by atoms with Gasteiger partial charge in [0.05, 0.1) is 6.61 Å². The minimum atomic E-state index is -4.44. The number of amides is 1. The Morgan fingerprint density at radius 1 is 1.35 bits per heavy atom. The van der Waals surface area contributed by atoms with Crippen LogP contribution in [0.25, 0.3) is 6.08 Å². The minimum Gasteiger partial charge on any atom is -0.491 e. The summed E-state index contributed by atoms with van der Waals surface area (Å²) < 4.78 is 47.5. The fraction of sp³-hybridized carbons (Fsp3) is 0.400. The zero-order valence-corrected chi connectivity index (χ0v) is 14.0. The van der Waals surface area contributed by atoms with Crippen molar-refractivity contribution in [1.29, 1.82) is 0 Å². The van der Waals surface area contributed by atoms with Crippen molar-refractivity contribution >= 4 is 27.9 Å². The van der Waals surface area contributed by atoms with Gasteiger partial charge >= 0.3 is 6.18 Å². The number of carbonyl (C=O) groups excluding carboxylic acids is 1. The number of carbonyl (C=O) groups is 1. The van der Waals surface area contributed by atoms with Crippen LogP contribution in [0.15, 0.2) is 28.7 Å². The largest absolute Gasteiger partial charge is 0.491 e. The molecule has 0 atom stereocenters. The lowest BCUT2D eigenvalue weighted by atomic mass is 10.2. The summed E-state index contributed by atoms with van der Waals surface area (Å²) in [5, 5.41) is 1.76. The summed E-state index contributed by atoms with van der Waals surface area (Å²) in [6.45, 7) is 1.83.